The summed E-state index contributed by atoms with van der Waals surface area (Å²) >= 11 is 1.71. The number of benzene rings is 1. The second kappa shape index (κ2) is 6.25. The van der Waals surface area contributed by atoms with Gasteiger partial charge in [0, 0.05) is 18.8 Å². The summed E-state index contributed by atoms with van der Waals surface area (Å²) in [6, 6.07) is 3.77. The van der Waals surface area contributed by atoms with Crippen LogP contribution in [-0.4, -0.2) is 55.5 Å². The second-order valence-electron chi connectivity index (χ2n) is 4.71. The van der Waals surface area contributed by atoms with Crippen molar-refractivity contribution in [3.63, 3.8) is 0 Å². The summed E-state index contributed by atoms with van der Waals surface area (Å²) in [5.74, 6) is 0.652. The highest BCUT2D eigenvalue weighted by atomic mass is 32.2. The molecule has 1 aromatic rings. The molecule has 1 aliphatic rings. The Balaban J connectivity index is 2.46. The van der Waals surface area contributed by atoms with Crippen LogP contribution in [0, 0.1) is 0 Å². The Labute approximate surface area is 128 Å². The van der Waals surface area contributed by atoms with E-state index in [1.54, 1.807) is 11.8 Å². The Kier molecular flexibility index (Phi) is 4.80. The van der Waals surface area contributed by atoms with Gasteiger partial charge < -0.3 is 9.84 Å². The minimum Gasteiger partial charge on any atom is -0.495 e. The number of aromatic carboxylic acids is 1. The van der Waals surface area contributed by atoms with E-state index in [2.05, 4.69) is 0 Å². The molecule has 0 amide bonds. The first-order valence-corrected chi connectivity index (χ1v) is 8.94. The number of hydrogen-bond acceptors (Lipinski definition) is 5. The molecule has 1 N–H and O–H groups in total. The van der Waals surface area contributed by atoms with E-state index in [4.69, 9.17) is 9.84 Å². The highest BCUT2D eigenvalue weighted by Gasteiger charge is 2.32. The lowest BCUT2D eigenvalue weighted by molar-refractivity contribution is 0.0696. The third-order valence-corrected chi connectivity index (χ3v) is 6.56. The van der Waals surface area contributed by atoms with E-state index in [9.17, 15) is 13.2 Å². The molecule has 1 fully saturated rings. The van der Waals surface area contributed by atoms with Gasteiger partial charge in [-0.3, -0.25) is 0 Å². The summed E-state index contributed by atoms with van der Waals surface area (Å²) in [6.07, 6.45) is 0.793. The maximum absolute atomic E-state index is 12.7. The van der Waals surface area contributed by atoms with Crippen LogP contribution in [0.3, 0.4) is 0 Å². The van der Waals surface area contributed by atoms with E-state index in [-0.39, 0.29) is 22.3 Å². The van der Waals surface area contributed by atoms with E-state index in [1.165, 1.54) is 30.6 Å². The Morgan fingerprint density at radius 2 is 2.19 bits per heavy atom. The Hall–Kier alpha value is -1.25. The number of thioether (sulfide) groups is 1. The van der Waals surface area contributed by atoms with E-state index in [0.29, 0.717) is 0 Å². The Morgan fingerprint density at radius 1 is 1.48 bits per heavy atom. The van der Waals surface area contributed by atoms with Gasteiger partial charge in [0.05, 0.1) is 12.7 Å². The average Bonchev–Trinajstić information content (AvgIpc) is 2.99. The third-order valence-electron chi connectivity index (χ3n) is 3.49. The molecule has 116 valence electrons. The van der Waals surface area contributed by atoms with Crippen molar-refractivity contribution in [2.45, 2.75) is 17.4 Å². The van der Waals surface area contributed by atoms with Crippen molar-refractivity contribution in [3.05, 3.63) is 23.8 Å². The number of rotatable bonds is 5. The molecule has 1 aromatic carbocycles. The summed E-state index contributed by atoms with van der Waals surface area (Å²) in [4.78, 5) is 10.9. The van der Waals surface area contributed by atoms with Crippen LogP contribution in [0.25, 0.3) is 0 Å². The monoisotopic (exact) mass is 331 g/mol. The minimum absolute atomic E-state index is 0.0711. The van der Waals surface area contributed by atoms with Crippen LogP contribution in [0.15, 0.2) is 23.1 Å². The van der Waals surface area contributed by atoms with E-state index in [1.807, 2.05) is 0 Å². The van der Waals surface area contributed by atoms with Gasteiger partial charge in [-0.1, -0.05) is 0 Å². The van der Waals surface area contributed by atoms with Gasteiger partial charge in [0.1, 0.15) is 10.6 Å². The maximum Gasteiger partial charge on any atom is 0.335 e. The SMILES string of the molecule is COc1ccc(C(=O)O)cc1S(=O)(=O)N(C)C1CCSC1. The zero-order chi connectivity index (χ0) is 15.6. The average molecular weight is 331 g/mol. The fourth-order valence-corrected chi connectivity index (χ4v) is 5.10. The van der Waals surface area contributed by atoms with Crippen LogP contribution >= 0.6 is 11.8 Å². The Bertz CT molecular complexity index is 638. The lowest BCUT2D eigenvalue weighted by Gasteiger charge is -2.24. The number of methoxy groups -OCH3 is 1. The smallest absolute Gasteiger partial charge is 0.335 e. The molecule has 1 heterocycles. The molecule has 0 spiro atoms. The van der Waals surface area contributed by atoms with Gasteiger partial charge in [-0.2, -0.15) is 16.1 Å². The summed E-state index contributed by atoms with van der Waals surface area (Å²) in [6.45, 7) is 0. The number of carboxylic acids is 1. The zero-order valence-electron chi connectivity index (χ0n) is 11.8. The lowest BCUT2D eigenvalue weighted by atomic mass is 10.2. The van der Waals surface area contributed by atoms with Gasteiger partial charge in [0.15, 0.2) is 0 Å². The van der Waals surface area contributed by atoms with Crippen LogP contribution in [0.4, 0.5) is 0 Å². The zero-order valence-corrected chi connectivity index (χ0v) is 13.4. The summed E-state index contributed by atoms with van der Waals surface area (Å²) in [7, 11) is -0.902. The predicted molar refractivity (Wildman–Crippen MR) is 80.6 cm³/mol. The van der Waals surface area contributed by atoms with Crippen molar-refractivity contribution >= 4 is 27.8 Å². The fraction of sp³-hybridized carbons (Fsp3) is 0.462. The van der Waals surface area contributed by atoms with Gasteiger partial charge >= 0.3 is 5.97 Å². The molecule has 0 radical (unpaired) electrons. The number of carbonyl (C=O) groups is 1. The van der Waals surface area contributed by atoms with Crippen molar-refractivity contribution in [2.24, 2.45) is 0 Å². The molecule has 1 unspecified atom stereocenters. The van der Waals surface area contributed by atoms with Crippen LogP contribution in [0.5, 0.6) is 5.75 Å². The molecular weight excluding hydrogens is 314 g/mol. The Morgan fingerprint density at radius 3 is 2.71 bits per heavy atom. The van der Waals surface area contributed by atoms with Crippen LogP contribution in [0.2, 0.25) is 0 Å². The largest absolute Gasteiger partial charge is 0.495 e. The predicted octanol–water partition coefficient (Wildman–Crippen LogP) is 1.52. The third kappa shape index (κ3) is 3.17. The maximum atomic E-state index is 12.7. The van der Waals surface area contributed by atoms with Gasteiger partial charge in [0.25, 0.3) is 0 Å². The van der Waals surface area contributed by atoms with Crippen molar-refractivity contribution in [1.82, 2.24) is 4.31 Å². The van der Waals surface area contributed by atoms with E-state index in [0.717, 1.165) is 24.0 Å². The van der Waals surface area contributed by atoms with Gasteiger partial charge in [-0.05, 0) is 30.4 Å². The molecule has 1 atom stereocenters. The molecule has 1 saturated heterocycles. The van der Waals surface area contributed by atoms with Gasteiger partial charge in [0.2, 0.25) is 10.0 Å². The second-order valence-corrected chi connectivity index (χ2v) is 7.83. The van der Waals surface area contributed by atoms with Crippen molar-refractivity contribution in [2.75, 3.05) is 25.7 Å². The number of sulfonamides is 1. The topological polar surface area (TPSA) is 83.9 Å². The highest BCUT2D eigenvalue weighted by molar-refractivity contribution is 7.99. The van der Waals surface area contributed by atoms with Crippen LogP contribution < -0.4 is 4.74 Å². The van der Waals surface area contributed by atoms with Crippen molar-refractivity contribution < 1.29 is 23.1 Å². The molecular formula is C13H17NO5S2. The number of ether oxygens (including phenoxy) is 1. The first kappa shape index (κ1) is 16.1. The molecule has 0 bridgehead atoms. The summed E-state index contributed by atoms with van der Waals surface area (Å²) in [5, 5.41) is 9.04. The van der Waals surface area contributed by atoms with Gasteiger partial charge in [-0.25, -0.2) is 13.2 Å². The van der Waals surface area contributed by atoms with Crippen molar-refractivity contribution in [1.29, 1.82) is 0 Å². The fourth-order valence-electron chi connectivity index (χ4n) is 2.17. The van der Waals surface area contributed by atoms with E-state index < -0.39 is 16.0 Å². The molecule has 8 heteroatoms. The molecule has 0 aromatic heterocycles. The van der Waals surface area contributed by atoms with Crippen molar-refractivity contribution in [3.8, 4) is 5.75 Å². The number of nitrogens with zero attached hydrogens (tertiary/aromatic N) is 1. The van der Waals surface area contributed by atoms with Crippen LogP contribution in [0.1, 0.15) is 16.8 Å². The minimum atomic E-state index is -3.79. The molecule has 1 aliphatic heterocycles. The quantitative estimate of drug-likeness (QED) is 0.881. The molecule has 0 saturated carbocycles. The molecule has 2 rings (SSSR count). The highest BCUT2D eigenvalue weighted by Crippen LogP contribution is 2.31. The molecule has 0 aliphatic carbocycles. The summed E-state index contributed by atoms with van der Waals surface area (Å²) in [5.41, 5.74) is -0.0800. The van der Waals surface area contributed by atoms with Crippen LogP contribution in [-0.2, 0) is 10.0 Å². The standard InChI is InChI=1S/C13H17NO5S2/c1-14(10-5-6-20-8-10)21(17,18)12-7-9(13(15)16)3-4-11(12)19-2/h3-4,7,10H,5-6,8H2,1-2H3,(H,15,16). The number of carboxylic acid groups (broad SMARTS) is 1. The van der Waals surface area contributed by atoms with E-state index >= 15 is 0 Å². The first-order chi connectivity index (χ1) is 9.87. The first-order valence-electron chi connectivity index (χ1n) is 6.35. The number of hydrogen-bond donors (Lipinski definition) is 1. The lowest BCUT2D eigenvalue weighted by Crippen LogP contribution is -2.37. The molecule has 6 nitrogen and oxygen atoms in total. The van der Waals surface area contributed by atoms with Gasteiger partial charge in [-0.15, -0.1) is 0 Å². The summed E-state index contributed by atoms with van der Waals surface area (Å²) < 4.78 is 31.8. The normalized spacial score (nSPS) is 18.9. The molecule has 21 heavy (non-hydrogen) atoms.